The Morgan fingerprint density at radius 3 is 1.74 bits per heavy atom. The van der Waals surface area contributed by atoms with Gasteiger partial charge in [-0.3, -0.25) is 0 Å². The van der Waals surface area contributed by atoms with Gasteiger partial charge in [0.25, 0.3) is 0 Å². The average Bonchev–Trinajstić information content (AvgIpc) is 3.28. The van der Waals surface area contributed by atoms with Crippen molar-refractivity contribution < 1.29 is 0 Å². The van der Waals surface area contributed by atoms with Crippen LogP contribution in [0.2, 0.25) is 0 Å². The van der Waals surface area contributed by atoms with Crippen molar-refractivity contribution in [2.24, 2.45) is 0 Å². The van der Waals surface area contributed by atoms with E-state index >= 15 is 0 Å². The van der Waals surface area contributed by atoms with Gasteiger partial charge < -0.3 is 0 Å². The van der Waals surface area contributed by atoms with Crippen LogP contribution in [0, 0.1) is 6.92 Å². The molecule has 0 saturated carbocycles. The molecule has 3 nitrogen and oxygen atoms in total. The quantitative estimate of drug-likeness (QED) is 0.509. The normalized spacial score (nSPS) is 10.8. The largest absolute Gasteiger partial charge is 0.208 e. The van der Waals surface area contributed by atoms with Gasteiger partial charge >= 0.3 is 0 Å². The zero-order valence-corrected chi connectivity index (χ0v) is 14.1. The van der Waals surface area contributed by atoms with Gasteiger partial charge in [0.1, 0.15) is 0 Å². The molecule has 0 spiro atoms. The van der Waals surface area contributed by atoms with Crippen LogP contribution in [-0.2, 0) is 0 Å². The van der Waals surface area contributed by atoms with Crippen LogP contribution in [0.15, 0.2) is 57.9 Å². The Labute approximate surface area is 142 Å². The van der Waals surface area contributed by atoms with Crippen molar-refractivity contribution in [1.29, 1.82) is 0 Å². The summed E-state index contributed by atoms with van der Waals surface area (Å²) in [6.07, 6.45) is 0. The minimum absolute atomic E-state index is 0.714. The Balaban J connectivity index is 1.92. The average molecular weight is 335 g/mol. The number of nitrogens with zero attached hydrogens (tertiary/aromatic N) is 3. The summed E-state index contributed by atoms with van der Waals surface area (Å²) >= 11 is 3.29. The highest BCUT2D eigenvalue weighted by molar-refractivity contribution is 7.08. The monoisotopic (exact) mass is 335 g/mol. The Morgan fingerprint density at radius 1 is 0.696 bits per heavy atom. The number of thiophene rings is 2. The number of hydrogen-bond donors (Lipinski definition) is 0. The zero-order chi connectivity index (χ0) is 15.6. The summed E-state index contributed by atoms with van der Waals surface area (Å²) in [7, 11) is 0. The third-order valence-corrected chi connectivity index (χ3v) is 4.84. The molecule has 0 radical (unpaired) electrons. The van der Waals surface area contributed by atoms with Gasteiger partial charge in [0.05, 0.1) is 0 Å². The van der Waals surface area contributed by atoms with Gasteiger partial charge in [0, 0.05) is 27.5 Å². The first-order valence-electron chi connectivity index (χ1n) is 7.18. The SMILES string of the molecule is Cc1cccc(-c2nc(-c3ccsc3)nc(-c3ccsc3)n2)c1. The summed E-state index contributed by atoms with van der Waals surface area (Å²) in [6, 6.07) is 12.3. The standard InChI is InChI=1S/C18H13N3S2/c1-12-3-2-4-13(9-12)16-19-17(14-5-7-22-10-14)21-18(20-16)15-6-8-23-11-15/h2-11H,1H3. The molecular formula is C18H13N3S2. The van der Waals surface area contributed by atoms with Gasteiger partial charge in [-0.25, -0.2) is 15.0 Å². The topological polar surface area (TPSA) is 38.7 Å². The number of rotatable bonds is 3. The predicted molar refractivity (Wildman–Crippen MR) is 96.6 cm³/mol. The van der Waals surface area contributed by atoms with Crippen LogP contribution in [-0.4, -0.2) is 15.0 Å². The lowest BCUT2D eigenvalue weighted by Crippen LogP contribution is -1.99. The highest BCUT2D eigenvalue weighted by atomic mass is 32.1. The molecule has 0 N–H and O–H groups in total. The lowest BCUT2D eigenvalue weighted by atomic mass is 10.1. The molecule has 0 aliphatic rings. The van der Waals surface area contributed by atoms with E-state index in [9.17, 15) is 0 Å². The maximum absolute atomic E-state index is 4.68. The van der Waals surface area contributed by atoms with Crippen LogP contribution < -0.4 is 0 Å². The maximum Gasteiger partial charge on any atom is 0.164 e. The molecule has 0 atom stereocenters. The highest BCUT2D eigenvalue weighted by Gasteiger charge is 2.12. The van der Waals surface area contributed by atoms with E-state index in [-0.39, 0.29) is 0 Å². The van der Waals surface area contributed by atoms with Crippen LogP contribution in [0.5, 0.6) is 0 Å². The van der Waals surface area contributed by atoms with Gasteiger partial charge in [-0.2, -0.15) is 22.7 Å². The van der Waals surface area contributed by atoms with E-state index in [2.05, 4.69) is 44.8 Å². The fraction of sp³-hybridized carbons (Fsp3) is 0.0556. The van der Waals surface area contributed by atoms with E-state index in [1.54, 1.807) is 22.7 Å². The Bertz CT molecular complexity index is 876. The van der Waals surface area contributed by atoms with Crippen molar-refractivity contribution in [2.75, 3.05) is 0 Å². The van der Waals surface area contributed by atoms with Crippen molar-refractivity contribution in [3.8, 4) is 34.2 Å². The molecule has 1 aromatic carbocycles. The molecule has 0 aliphatic heterocycles. The summed E-state index contributed by atoms with van der Waals surface area (Å²) < 4.78 is 0. The van der Waals surface area contributed by atoms with E-state index in [0.717, 1.165) is 28.3 Å². The summed E-state index contributed by atoms with van der Waals surface area (Å²) in [6.45, 7) is 2.07. The first-order chi connectivity index (χ1) is 11.3. The molecule has 4 rings (SSSR count). The Hall–Kier alpha value is -2.37. The van der Waals surface area contributed by atoms with Crippen LogP contribution >= 0.6 is 22.7 Å². The van der Waals surface area contributed by atoms with Crippen LogP contribution in [0.3, 0.4) is 0 Å². The van der Waals surface area contributed by atoms with Crippen molar-refractivity contribution in [1.82, 2.24) is 15.0 Å². The highest BCUT2D eigenvalue weighted by Crippen LogP contribution is 2.26. The van der Waals surface area contributed by atoms with Crippen molar-refractivity contribution in [2.45, 2.75) is 6.92 Å². The number of aromatic nitrogens is 3. The molecule has 112 valence electrons. The molecule has 3 aromatic heterocycles. The van der Waals surface area contributed by atoms with E-state index in [1.807, 2.05) is 35.0 Å². The molecule has 3 heterocycles. The van der Waals surface area contributed by atoms with Gasteiger partial charge in [0.15, 0.2) is 17.5 Å². The van der Waals surface area contributed by atoms with Gasteiger partial charge in [-0.15, -0.1) is 0 Å². The number of aryl methyl sites for hydroxylation is 1. The second-order valence-electron chi connectivity index (χ2n) is 5.20. The predicted octanol–water partition coefficient (Wildman–Crippen LogP) is 5.30. The fourth-order valence-corrected chi connectivity index (χ4v) is 3.60. The third kappa shape index (κ3) is 2.93. The molecular weight excluding hydrogens is 322 g/mol. The Kier molecular flexibility index (Phi) is 3.73. The van der Waals surface area contributed by atoms with Crippen molar-refractivity contribution >= 4 is 22.7 Å². The third-order valence-electron chi connectivity index (χ3n) is 3.47. The van der Waals surface area contributed by atoms with Crippen LogP contribution in [0.4, 0.5) is 0 Å². The number of hydrogen-bond acceptors (Lipinski definition) is 5. The van der Waals surface area contributed by atoms with Crippen molar-refractivity contribution in [3.05, 3.63) is 63.5 Å². The maximum atomic E-state index is 4.68. The summed E-state index contributed by atoms with van der Waals surface area (Å²) in [5.74, 6) is 2.16. The lowest BCUT2D eigenvalue weighted by molar-refractivity contribution is 1.08. The fourth-order valence-electron chi connectivity index (χ4n) is 2.33. The van der Waals surface area contributed by atoms with Gasteiger partial charge in [-0.1, -0.05) is 23.8 Å². The lowest BCUT2D eigenvalue weighted by Gasteiger charge is -2.06. The van der Waals surface area contributed by atoms with E-state index < -0.39 is 0 Å². The minimum Gasteiger partial charge on any atom is -0.208 e. The van der Waals surface area contributed by atoms with Crippen LogP contribution in [0.1, 0.15) is 5.56 Å². The van der Waals surface area contributed by atoms with E-state index in [1.165, 1.54) is 5.56 Å². The number of benzene rings is 1. The zero-order valence-electron chi connectivity index (χ0n) is 12.4. The molecule has 0 saturated heterocycles. The van der Waals surface area contributed by atoms with E-state index in [4.69, 9.17) is 0 Å². The molecule has 4 aromatic rings. The van der Waals surface area contributed by atoms with Crippen LogP contribution in [0.25, 0.3) is 34.2 Å². The second-order valence-corrected chi connectivity index (χ2v) is 6.76. The molecule has 0 aliphatic carbocycles. The minimum atomic E-state index is 0.714. The van der Waals surface area contributed by atoms with Gasteiger partial charge in [-0.05, 0) is 35.9 Å². The molecule has 0 amide bonds. The first kappa shape index (κ1) is 14.2. The summed E-state index contributed by atoms with van der Waals surface area (Å²) in [5, 5.41) is 8.20. The summed E-state index contributed by atoms with van der Waals surface area (Å²) in [5.41, 5.74) is 4.27. The smallest absolute Gasteiger partial charge is 0.164 e. The Morgan fingerprint density at radius 2 is 1.26 bits per heavy atom. The molecule has 23 heavy (non-hydrogen) atoms. The molecule has 0 fully saturated rings. The first-order valence-corrected chi connectivity index (χ1v) is 9.06. The van der Waals surface area contributed by atoms with Gasteiger partial charge in [0.2, 0.25) is 0 Å². The molecule has 0 bridgehead atoms. The second kappa shape index (κ2) is 6.02. The molecule has 0 unspecified atom stereocenters. The molecule has 5 heteroatoms. The van der Waals surface area contributed by atoms with E-state index in [0.29, 0.717) is 5.82 Å². The van der Waals surface area contributed by atoms with Crippen molar-refractivity contribution in [3.63, 3.8) is 0 Å². The summed E-state index contributed by atoms with van der Waals surface area (Å²) in [4.78, 5) is 14.0.